The number of unbranched alkanes of at least 4 members (excludes halogenated alkanes) is 1. The van der Waals surface area contributed by atoms with Gasteiger partial charge in [-0.15, -0.1) is 0 Å². The van der Waals surface area contributed by atoms with Crippen molar-refractivity contribution in [3.8, 4) is 22.3 Å². The van der Waals surface area contributed by atoms with E-state index in [0.717, 1.165) is 30.4 Å². The molecule has 4 rings (SSSR count). The lowest BCUT2D eigenvalue weighted by molar-refractivity contribution is 0.495. The van der Waals surface area contributed by atoms with Crippen molar-refractivity contribution in [1.29, 1.82) is 0 Å². The Morgan fingerprint density at radius 2 is 1.17 bits per heavy atom. The first kappa shape index (κ1) is 25.4. The van der Waals surface area contributed by atoms with Gasteiger partial charge in [0.05, 0.1) is 0 Å². The van der Waals surface area contributed by atoms with Crippen molar-refractivity contribution in [3.05, 3.63) is 118 Å². The summed E-state index contributed by atoms with van der Waals surface area (Å²) in [4.78, 5) is 0. The van der Waals surface area contributed by atoms with Gasteiger partial charge in [0.25, 0.3) is 0 Å². The molecule has 0 aromatic heterocycles. The Morgan fingerprint density at radius 3 is 1.72 bits per heavy atom. The molecule has 0 bridgehead atoms. The van der Waals surface area contributed by atoms with E-state index in [2.05, 4.69) is 0 Å². The Balaban J connectivity index is 1.54. The zero-order valence-electron chi connectivity index (χ0n) is 20.4. The molecule has 0 aliphatic heterocycles. The van der Waals surface area contributed by atoms with Crippen molar-refractivity contribution >= 4 is 12.2 Å². The quantitative estimate of drug-likeness (QED) is 0.171. The molecule has 0 aliphatic carbocycles. The molecule has 0 saturated carbocycles. The van der Waals surface area contributed by atoms with E-state index in [0.29, 0.717) is 23.1 Å². The lowest BCUT2D eigenvalue weighted by atomic mass is 9.97. The standard InChI is InChI=1S/C32H28F4/c1-3-5-6-25-17-18-26(30(34)29(25)33)16-11-22-9-14-24(15-10-22)28-20-19-27(31(35)32(28)36)23-12-7-21(4-2)8-13-23/h7-20H,3-6H2,1-2H3/b16-11+. The Bertz CT molecular complexity index is 1370. The van der Waals surface area contributed by atoms with Crippen molar-refractivity contribution in [1.82, 2.24) is 0 Å². The molecule has 0 nitrogen and oxygen atoms in total. The molecule has 0 N–H and O–H groups in total. The summed E-state index contributed by atoms with van der Waals surface area (Å²) in [6.45, 7) is 4.04. The van der Waals surface area contributed by atoms with Crippen LogP contribution in [0.1, 0.15) is 48.9 Å². The number of rotatable bonds is 8. The van der Waals surface area contributed by atoms with E-state index in [4.69, 9.17) is 0 Å². The fraction of sp³-hybridized carbons (Fsp3) is 0.188. The summed E-state index contributed by atoms with van der Waals surface area (Å²) in [6, 6.07) is 20.6. The van der Waals surface area contributed by atoms with Gasteiger partial charge in [-0.2, -0.15) is 0 Å². The summed E-state index contributed by atoms with van der Waals surface area (Å²) in [5.41, 5.74) is 3.92. The van der Waals surface area contributed by atoms with Crippen LogP contribution in [-0.4, -0.2) is 0 Å². The number of halogens is 4. The first-order valence-electron chi connectivity index (χ1n) is 12.3. The molecule has 0 radical (unpaired) electrons. The first-order valence-corrected chi connectivity index (χ1v) is 12.3. The van der Waals surface area contributed by atoms with Gasteiger partial charge in [-0.1, -0.05) is 105 Å². The summed E-state index contributed by atoms with van der Waals surface area (Å²) >= 11 is 0. The topological polar surface area (TPSA) is 0 Å². The van der Waals surface area contributed by atoms with Crippen LogP contribution in [0.15, 0.2) is 72.8 Å². The van der Waals surface area contributed by atoms with Gasteiger partial charge in [0.15, 0.2) is 23.3 Å². The van der Waals surface area contributed by atoms with Gasteiger partial charge in [-0.3, -0.25) is 0 Å². The van der Waals surface area contributed by atoms with Crippen LogP contribution in [0.4, 0.5) is 17.6 Å². The molecule has 0 unspecified atom stereocenters. The molecule has 0 amide bonds. The van der Waals surface area contributed by atoms with E-state index < -0.39 is 23.3 Å². The zero-order valence-corrected chi connectivity index (χ0v) is 20.4. The summed E-state index contributed by atoms with van der Waals surface area (Å²) in [7, 11) is 0. The van der Waals surface area contributed by atoms with E-state index in [9.17, 15) is 17.6 Å². The SMILES string of the molecule is CCCCc1ccc(/C=C/c2ccc(-c3ccc(-c4ccc(CC)cc4)c(F)c3F)cc2)c(F)c1F. The second-order valence-electron chi connectivity index (χ2n) is 8.84. The molecule has 0 atom stereocenters. The first-order chi connectivity index (χ1) is 17.4. The van der Waals surface area contributed by atoms with Gasteiger partial charge in [0, 0.05) is 16.7 Å². The summed E-state index contributed by atoms with van der Waals surface area (Å²) < 4.78 is 58.7. The average Bonchev–Trinajstić information content (AvgIpc) is 2.91. The third-order valence-corrected chi connectivity index (χ3v) is 6.42. The summed E-state index contributed by atoms with van der Waals surface area (Å²) in [6.07, 6.45) is 6.26. The van der Waals surface area contributed by atoms with Crippen LogP contribution in [0.5, 0.6) is 0 Å². The number of hydrogen-bond acceptors (Lipinski definition) is 0. The predicted octanol–water partition coefficient (Wildman–Crippen LogP) is 9.65. The minimum absolute atomic E-state index is 0.160. The minimum Gasteiger partial charge on any atom is -0.203 e. The average molecular weight is 489 g/mol. The Hall–Kier alpha value is -3.66. The monoisotopic (exact) mass is 488 g/mol. The largest absolute Gasteiger partial charge is 0.203 e. The van der Waals surface area contributed by atoms with Crippen LogP contribution in [0, 0.1) is 23.3 Å². The molecule has 184 valence electrons. The Labute approximate surface area is 209 Å². The fourth-order valence-corrected chi connectivity index (χ4v) is 4.17. The third-order valence-electron chi connectivity index (χ3n) is 6.42. The van der Waals surface area contributed by atoms with E-state index in [-0.39, 0.29) is 16.7 Å². The van der Waals surface area contributed by atoms with Crippen molar-refractivity contribution in [2.75, 3.05) is 0 Å². The molecule has 0 spiro atoms. The van der Waals surface area contributed by atoms with E-state index in [1.807, 2.05) is 26.0 Å². The normalized spacial score (nSPS) is 11.4. The number of hydrogen-bond donors (Lipinski definition) is 0. The highest BCUT2D eigenvalue weighted by Gasteiger charge is 2.16. The van der Waals surface area contributed by atoms with Gasteiger partial charge < -0.3 is 0 Å². The molecule has 4 heteroatoms. The lowest BCUT2D eigenvalue weighted by Gasteiger charge is -2.10. The fourth-order valence-electron chi connectivity index (χ4n) is 4.17. The maximum absolute atomic E-state index is 15.0. The van der Waals surface area contributed by atoms with Crippen LogP contribution in [0.2, 0.25) is 0 Å². The van der Waals surface area contributed by atoms with Crippen LogP contribution >= 0.6 is 0 Å². The van der Waals surface area contributed by atoms with E-state index in [1.54, 1.807) is 66.7 Å². The molecule has 0 fully saturated rings. The third kappa shape index (κ3) is 5.43. The van der Waals surface area contributed by atoms with Crippen LogP contribution in [-0.2, 0) is 12.8 Å². The molecular weight excluding hydrogens is 460 g/mol. The van der Waals surface area contributed by atoms with E-state index in [1.165, 1.54) is 6.08 Å². The molecule has 4 aromatic rings. The second kappa shape index (κ2) is 11.4. The van der Waals surface area contributed by atoms with Gasteiger partial charge in [0.1, 0.15) is 0 Å². The van der Waals surface area contributed by atoms with Gasteiger partial charge in [-0.05, 0) is 47.1 Å². The maximum Gasteiger partial charge on any atom is 0.167 e. The lowest BCUT2D eigenvalue weighted by Crippen LogP contribution is -1.97. The smallest absolute Gasteiger partial charge is 0.167 e. The molecule has 0 aliphatic rings. The molecule has 4 aromatic carbocycles. The predicted molar refractivity (Wildman–Crippen MR) is 141 cm³/mol. The number of aryl methyl sites for hydroxylation is 2. The highest BCUT2D eigenvalue weighted by molar-refractivity contribution is 5.75. The molecule has 0 saturated heterocycles. The Kier molecular flexibility index (Phi) is 8.04. The Morgan fingerprint density at radius 1 is 0.583 bits per heavy atom. The highest BCUT2D eigenvalue weighted by atomic mass is 19.2. The van der Waals surface area contributed by atoms with Crippen molar-refractivity contribution in [2.45, 2.75) is 39.5 Å². The number of benzene rings is 4. The van der Waals surface area contributed by atoms with Crippen molar-refractivity contribution < 1.29 is 17.6 Å². The van der Waals surface area contributed by atoms with Crippen molar-refractivity contribution in [2.24, 2.45) is 0 Å². The zero-order chi connectivity index (χ0) is 25.7. The van der Waals surface area contributed by atoms with Crippen LogP contribution in [0.3, 0.4) is 0 Å². The van der Waals surface area contributed by atoms with Gasteiger partial charge >= 0.3 is 0 Å². The van der Waals surface area contributed by atoms with Crippen LogP contribution < -0.4 is 0 Å². The molecule has 36 heavy (non-hydrogen) atoms. The van der Waals surface area contributed by atoms with Gasteiger partial charge in [-0.25, -0.2) is 17.6 Å². The highest BCUT2D eigenvalue weighted by Crippen LogP contribution is 2.32. The molecule has 0 heterocycles. The maximum atomic E-state index is 15.0. The van der Waals surface area contributed by atoms with E-state index >= 15 is 0 Å². The second-order valence-corrected chi connectivity index (χ2v) is 8.84. The van der Waals surface area contributed by atoms with Gasteiger partial charge in [0.2, 0.25) is 0 Å². The summed E-state index contributed by atoms with van der Waals surface area (Å²) in [5.74, 6) is -3.46. The van der Waals surface area contributed by atoms with Crippen molar-refractivity contribution in [3.63, 3.8) is 0 Å². The minimum atomic E-state index is -0.906. The summed E-state index contributed by atoms with van der Waals surface area (Å²) in [5, 5.41) is 0. The molecular formula is C32H28F4. The van der Waals surface area contributed by atoms with Crippen LogP contribution in [0.25, 0.3) is 34.4 Å².